The third kappa shape index (κ3) is 5.89. The lowest BCUT2D eigenvalue weighted by atomic mass is 10.0. The highest BCUT2D eigenvalue weighted by Gasteiger charge is 2.27. The minimum absolute atomic E-state index is 0.127. The Morgan fingerprint density at radius 2 is 1.90 bits per heavy atom. The normalized spacial score (nSPS) is 16.8. The highest BCUT2D eigenvalue weighted by Crippen LogP contribution is 2.37. The first-order chi connectivity index (χ1) is 19.7. The van der Waals surface area contributed by atoms with E-state index in [-0.39, 0.29) is 29.0 Å². The minimum atomic E-state index is -0.952. The number of carbonyl (C=O) groups excluding carboxylic acids is 2. The van der Waals surface area contributed by atoms with Crippen LogP contribution in [-0.4, -0.2) is 54.2 Å². The van der Waals surface area contributed by atoms with Gasteiger partial charge in [-0.2, -0.15) is 0 Å². The Hall–Kier alpha value is -4.78. The lowest BCUT2D eigenvalue weighted by molar-refractivity contribution is 0.0120. The molecule has 0 aliphatic carbocycles. The van der Waals surface area contributed by atoms with E-state index in [0.29, 0.717) is 48.5 Å². The van der Waals surface area contributed by atoms with Gasteiger partial charge in [0.25, 0.3) is 0 Å². The standard InChI is InChI=1S/C28H26F3N5O5/c1-39-22-12-34-27-23(24(22)36-14-5-6-16(40-13-14)10-35-28(32)38)18(11-33-27)25(37)17-8-7-15(9-21(17)31)41-26-19(29)3-2-4-20(26)30/h2-4,7-9,11-12,14,16H,5-6,10,13H2,1H3,(H3,32,35,38)(H2,33,34,36)/t14-,16+/m1/s1. The van der Waals surface area contributed by atoms with Crippen molar-refractivity contribution in [2.45, 2.75) is 25.0 Å². The van der Waals surface area contributed by atoms with E-state index >= 15 is 4.39 Å². The molecular weight excluding hydrogens is 543 g/mol. The molecule has 2 atom stereocenters. The van der Waals surface area contributed by atoms with Crippen LogP contribution in [0, 0.1) is 17.5 Å². The first-order valence-electron chi connectivity index (χ1n) is 12.7. The molecule has 1 saturated heterocycles. The van der Waals surface area contributed by atoms with Crippen molar-refractivity contribution in [3.8, 4) is 17.2 Å². The highest BCUT2D eigenvalue weighted by atomic mass is 19.1. The number of para-hydroxylation sites is 1. The number of aromatic nitrogens is 2. The molecule has 2 amide bonds. The van der Waals surface area contributed by atoms with Crippen molar-refractivity contribution >= 4 is 28.5 Å². The smallest absolute Gasteiger partial charge is 0.312 e. The van der Waals surface area contributed by atoms with E-state index in [2.05, 4.69) is 20.6 Å². The molecule has 214 valence electrons. The van der Waals surface area contributed by atoms with Crippen LogP contribution >= 0.6 is 0 Å². The van der Waals surface area contributed by atoms with Gasteiger partial charge in [0, 0.05) is 24.8 Å². The minimum Gasteiger partial charge on any atom is -0.493 e. The van der Waals surface area contributed by atoms with E-state index in [0.717, 1.165) is 18.2 Å². The van der Waals surface area contributed by atoms with Crippen molar-refractivity contribution in [3.63, 3.8) is 0 Å². The Morgan fingerprint density at radius 1 is 1.12 bits per heavy atom. The number of urea groups is 1. The number of benzene rings is 2. The molecule has 0 radical (unpaired) electrons. The van der Waals surface area contributed by atoms with Gasteiger partial charge in [0.1, 0.15) is 17.2 Å². The van der Waals surface area contributed by atoms with Gasteiger partial charge in [-0.1, -0.05) is 6.07 Å². The van der Waals surface area contributed by atoms with Crippen molar-refractivity contribution in [1.82, 2.24) is 15.3 Å². The van der Waals surface area contributed by atoms with Crippen LogP contribution in [0.1, 0.15) is 28.8 Å². The first kappa shape index (κ1) is 27.8. The van der Waals surface area contributed by atoms with Crippen LogP contribution in [0.25, 0.3) is 11.0 Å². The van der Waals surface area contributed by atoms with Gasteiger partial charge < -0.3 is 35.6 Å². The second-order valence-corrected chi connectivity index (χ2v) is 9.37. The maximum atomic E-state index is 15.2. The number of amides is 2. The number of nitrogens with two attached hydrogens (primary N) is 1. The number of hydrogen-bond acceptors (Lipinski definition) is 7. The Kier molecular flexibility index (Phi) is 7.97. The van der Waals surface area contributed by atoms with Crippen molar-refractivity contribution in [3.05, 3.63) is 77.4 Å². The summed E-state index contributed by atoms with van der Waals surface area (Å²) in [7, 11) is 1.46. The van der Waals surface area contributed by atoms with Crippen molar-refractivity contribution in [2.24, 2.45) is 5.73 Å². The lowest BCUT2D eigenvalue weighted by Gasteiger charge is -2.30. The maximum absolute atomic E-state index is 15.2. The van der Waals surface area contributed by atoms with Gasteiger partial charge in [-0.15, -0.1) is 0 Å². The quantitative estimate of drug-likeness (QED) is 0.215. The van der Waals surface area contributed by atoms with Crippen molar-refractivity contribution in [2.75, 3.05) is 25.6 Å². The molecule has 41 heavy (non-hydrogen) atoms. The average Bonchev–Trinajstić information content (AvgIpc) is 3.39. The second-order valence-electron chi connectivity index (χ2n) is 9.37. The number of carbonyl (C=O) groups is 2. The van der Waals surface area contributed by atoms with Gasteiger partial charge >= 0.3 is 6.03 Å². The zero-order valence-corrected chi connectivity index (χ0v) is 21.8. The van der Waals surface area contributed by atoms with E-state index in [1.54, 1.807) is 0 Å². The second kappa shape index (κ2) is 11.8. The van der Waals surface area contributed by atoms with Crippen LogP contribution in [0.15, 0.2) is 48.8 Å². The van der Waals surface area contributed by atoms with Gasteiger partial charge in [0.2, 0.25) is 0 Å². The molecule has 0 saturated carbocycles. The molecule has 5 N–H and O–H groups in total. The van der Waals surface area contributed by atoms with Gasteiger partial charge in [-0.3, -0.25) is 4.79 Å². The predicted molar refractivity (Wildman–Crippen MR) is 143 cm³/mol. The number of methoxy groups -OCH3 is 1. The fraction of sp³-hybridized carbons (Fsp3) is 0.250. The number of nitrogens with zero attached hydrogens (tertiary/aromatic N) is 1. The molecular formula is C28H26F3N5O5. The summed E-state index contributed by atoms with van der Waals surface area (Å²) in [4.78, 5) is 31.8. The predicted octanol–water partition coefficient (Wildman–Crippen LogP) is 4.64. The van der Waals surface area contributed by atoms with Gasteiger partial charge in [0.05, 0.1) is 48.2 Å². The number of hydrogen-bond donors (Lipinski definition) is 4. The number of aromatic amines is 1. The number of ketones is 1. The summed E-state index contributed by atoms with van der Waals surface area (Å²) >= 11 is 0. The summed E-state index contributed by atoms with van der Waals surface area (Å²) in [5, 5.41) is 6.28. The topological polar surface area (TPSA) is 141 Å². The Balaban J connectivity index is 1.40. The average molecular weight is 570 g/mol. The van der Waals surface area contributed by atoms with Crippen LogP contribution in [0.5, 0.6) is 17.2 Å². The summed E-state index contributed by atoms with van der Waals surface area (Å²) in [6.07, 6.45) is 4.06. The van der Waals surface area contributed by atoms with E-state index in [4.69, 9.17) is 19.9 Å². The third-order valence-electron chi connectivity index (χ3n) is 6.68. The van der Waals surface area contributed by atoms with Gasteiger partial charge in [-0.25, -0.2) is 22.9 Å². The number of pyridine rings is 1. The molecule has 5 rings (SSSR count). The molecule has 2 aromatic carbocycles. The number of rotatable bonds is 9. The molecule has 10 nitrogen and oxygen atoms in total. The highest BCUT2D eigenvalue weighted by molar-refractivity contribution is 6.19. The van der Waals surface area contributed by atoms with E-state index < -0.39 is 35.0 Å². The molecule has 3 heterocycles. The number of fused-ring (bicyclic) bond motifs is 1. The Morgan fingerprint density at radius 3 is 2.56 bits per heavy atom. The molecule has 0 bridgehead atoms. The molecule has 1 aliphatic heterocycles. The van der Waals surface area contributed by atoms with Crippen LogP contribution in [0.3, 0.4) is 0 Å². The van der Waals surface area contributed by atoms with Crippen LogP contribution < -0.4 is 25.8 Å². The van der Waals surface area contributed by atoms with E-state index in [1.807, 2.05) is 0 Å². The molecule has 0 unspecified atom stereocenters. The summed E-state index contributed by atoms with van der Waals surface area (Å²) < 4.78 is 59.6. The van der Waals surface area contributed by atoms with E-state index in [1.165, 1.54) is 37.7 Å². The maximum Gasteiger partial charge on any atom is 0.312 e. The monoisotopic (exact) mass is 569 g/mol. The fourth-order valence-electron chi connectivity index (χ4n) is 4.64. The van der Waals surface area contributed by atoms with Crippen LogP contribution in [0.4, 0.5) is 23.7 Å². The number of H-pyrrole nitrogens is 1. The number of ether oxygens (including phenoxy) is 3. The number of nitrogens with one attached hydrogen (secondary N) is 3. The number of primary amides is 1. The summed E-state index contributed by atoms with van der Waals surface area (Å²) in [6, 6.07) is 5.72. The van der Waals surface area contributed by atoms with Gasteiger partial charge in [0.15, 0.2) is 28.9 Å². The molecule has 2 aromatic heterocycles. The summed E-state index contributed by atoms with van der Waals surface area (Å²) in [5.41, 5.74) is 5.81. The molecule has 13 heteroatoms. The van der Waals surface area contributed by atoms with Crippen LogP contribution in [0.2, 0.25) is 0 Å². The van der Waals surface area contributed by atoms with E-state index in [9.17, 15) is 18.4 Å². The summed E-state index contributed by atoms with van der Waals surface area (Å²) in [5.74, 6) is -4.01. The molecule has 1 aliphatic rings. The Bertz CT molecular complexity index is 1580. The largest absolute Gasteiger partial charge is 0.493 e. The zero-order chi connectivity index (χ0) is 29.1. The fourth-order valence-corrected chi connectivity index (χ4v) is 4.64. The summed E-state index contributed by atoms with van der Waals surface area (Å²) in [6.45, 7) is 0.608. The zero-order valence-electron chi connectivity index (χ0n) is 21.8. The SMILES string of the molecule is COc1cnc2[nH]cc(C(=O)c3ccc(Oc4c(F)cccc4F)cc3F)c2c1N[C@@H]1CC[C@@H](CNC(N)=O)OC1. The molecule has 0 spiro atoms. The Labute approximate surface area is 232 Å². The lowest BCUT2D eigenvalue weighted by Crippen LogP contribution is -2.42. The van der Waals surface area contributed by atoms with Crippen molar-refractivity contribution in [1.29, 1.82) is 0 Å². The van der Waals surface area contributed by atoms with Crippen LogP contribution in [-0.2, 0) is 4.74 Å². The van der Waals surface area contributed by atoms with Gasteiger partial charge in [-0.05, 0) is 37.1 Å². The number of anilines is 1. The number of halogens is 3. The molecule has 4 aromatic rings. The van der Waals surface area contributed by atoms with Crippen molar-refractivity contribution < 1.29 is 37.0 Å². The third-order valence-corrected chi connectivity index (χ3v) is 6.68. The first-order valence-corrected chi connectivity index (χ1v) is 12.7. The molecule has 1 fully saturated rings.